The number of carboxylic acid groups (broad SMARTS) is 1. The van der Waals surface area contributed by atoms with E-state index >= 15 is 0 Å². The number of fused-ring (bicyclic) bond motifs is 8. The number of allylic oxidation sites excluding steroid dienone is 2. The molecule has 0 aliphatic heterocycles. The van der Waals surface area contributed by atoms with Crippen molar-refractivity contribution in [3.63, 3.8) is 0 Å². The van der Waals surface area contributed by atoms with Gasteiger partial charge in [-0.1, -0.05) is 54.0 Å². The summed E-state index contributed by atoms with van der Waals surface area (Å²) in [6, 6.07) is 4.05. The molecule has 3 fully saturated rings. The lowest BCUT2D eigenvalue weighted by atomic mass is 9.33. The number of nitrogens with one attached hydrogen (secondary N) is 1. The Morgan fingerprint density at radius 3 is 2.37 bits per heavy atom. The molecule has 1 unspecified atom stereocenters. The summed E-state index contributed by atoms with van der Waals surface area (Å²) >= 11 is 0. The first kappa shape index (κ1) is 28.9. The van der Waals surface area contributed by atoms with Crippen LogP contribution >= 0.6 is 0 Å². The van der Waals surface area contributed by atoms with E-state index in [4.69, 9.17) is 16.6 Å². The largest absolute Gasteiger partial charge is 0.481 e. The molecule has 2 heterocycles. The molecule has 5 aliphatic carbocycles. The number of hydrogen-bond acceptors (Lipinski definition) is 5. The number of aromatic amines is 1. The van der Waals surface area contributed by atoms with Crippen molar-refractivity contribution in [2.45, 2.75) is 112 Å². The molecule has 0 amide bonds. The van der Waals surface area contributed by atoms with Gasteiger partial charge in [-0.3, -0.25) is 9.89 Å². The molecule has 0 saturated heterocycles. The van der Waals surface area contributed by atoms with Gasteiger partial charge in [0.2, 0.25) is 0 Å². The van der Waals surface area contributed by atoms with E-state index in [-0.39, 0.29) is 33.0 Å². The van der Waals surface area contributed by atoms with E-state index in [0.717, 1.165) is 69.0 Å². The molecule has 6 N–H and O–H groups in total. The van der Waals surface area contributed by atoms with E-state index in [0.29, 0.717) is 23.5 Å². The summed E-state index contributed by atoms with van der Waals surface area (Å²) in [5.41, 5.74) is 18.1. The molecular weight excluding hydrogens is 534 g/mol. The summed E-state index contributed by atoms with van der Waals surface area (Å²) < 4.78 is 0. The van der Waals surface area contributed by atoms with Crippen LogP contribution in [0, 0.1) is 44.8 Å². The number of aliphatic carboxylic acids is 1. The van der Waals surface area contributed by atoms with Gasteiger partial charge < -0.3 is 16.6 Å². The standard InChI is InChI=1S/C36H51N5O2/c1-31(2)12-14-36(30(42)43)15-13-35(7)27(23(36)18-31)21(20-8-9-26(37)39-19-20)16-25-33(5)17-22-28(40-41-29(22)38)32(3,4)24(33)10-11-34(25,35)6/h8-9,19,23-25H,10-18H2,1-7H3,(H2,37,39)(H,42,43)(H3,38,40,41)/t23-,24-,25?,33-,34+,35+,36-/m0/s1. The predicted molar refractivity (Wildman–Crippen MR) is 171 cm³/mol. The Morgan fingerprint density at radius 2 is 1.70 bits per heavy atom. The molecule has 7 rings (SSSR count). The molecule has 0 spiro atoms. The van der Waals surface area contributed by atoms with E-state index in [1.165, 1.54) is 16.7 Å². The van der Waals surface area contributed by atoms with Gasteiger partial charge in [-0.05, 0) is 120 Å². The SMILES string of the molecule is CC1(C)CC[C@]2(C(=O)O)CC[C@]3(C)C(=C(c4ccc(N)nc4)CC4[C@@]5(C)Cc6c(n[nH]c6N)C(C)(C)[C@@H]5CC[C@]43C)[C@@H]2C1. The fraction of sp³-hybridized carbons (Fsp3) is 0.694. The van der Waals surface area contributed by atoms with Gasteiger partial charge >= 0.3 is 5.97 Å². The third-order valence-electron chi connectivity index (χ3n) is 14.5. The van der Waals surface area contributed by atoms with Gasteiger partial charge in [0.05, 0.1) is 11.1 Å². The van der Waals surface area contributed by atoms with Crippen molar-refractivity contribution in [1.82, 2.24) is 15.2 Å². The number of carboxylic acids is 1. The number of aromatic nitrogens is 3. The second-order valence-corrected chi connectivity index (χ2v) is 17.2. The molecule has 7 atom stereocenters. The van der Waals surface area contributed by atoms with Crippen LogP contribution in [-0.2, 0) is 16.6 Å². The highest BCUT2D eigenvalue weighted by molar-refractivity contribution is 5.80. The van der Waals surface area contributed by atoms with Crippen molar-refractivity contribution in [2.24, 2.45) is 44.8 Å². The molecule has 0 bridgehead atoms. The summed E-state index contributed by atoms with van der Waals surface area (Å²) in [5, 5.41) is 18.8. The Balaban J connectivity index is 1.48. The van der Waals surface area contributed by atoms with Gasteiger partial charge in [-0.15, -0.1) is 0 Å². The molecule has 232 valence electrons. The second-order valence-electron chi connectivity index (χ2n) is 17.2. The number of carbonyl (C=O) groups is 1. The van der Waals surface area contributed by atoms with Crippen LogP contribution in [0.3, 0.4) is 0 Å². The third kappa shape index (κ3) is 3.57. The van der Waals surface area contributed by atoms with E-state index in [1.54, 1.807) is 0 Å². The zero-order valence-corrected chi connectivity index (χ0v) is 27.2. The quantitative estimate of drug-likeness (QED) is 0.290. The Hall–Kier alpha value is -2.83. The maximum atomic E-state index is 13.3. The van der Waals surface area contributed by atoms with Crippen molar-refractivity contribution in [3.05, 3.63) is 40.7 Å². The molecular formula is C36H51N5O2. The number of rotatable bonds is 2. The number of anilines is 2. The number of pyridine rings is 1. The average molecular weight is 586 g/mol. The molecule has 43 heavy (non-hydrogen) atoms. The number of hydrogen-bond donors (Lipinski definition) is 4. The normalized spacial score (nSPS) is 40.9. The first-order valence-corrected chi connectivity index (χ1v) is 16.5. The van der Waals surface area contributed by atoms with E-state index in [9.17, 15) is 9.90 Å². The minimum atomic E-state index is -0.700. The van der Waals surface area contributed by atoms with Crippen molar-refractivity contribution in [2.75, 3.05) is 11.5 Å². The van der Waals surface area contributed by atoms with Gasteiger partial charge in [0, 0.05) is 17.2 Å². The topological polar surface area (TPSA) is 131 Å². The highest BCUT2D eigenvalue weighted by atomic mass is 16.4. The second kappa shape index (κ2) is 8.66. The highest BCUT2D eigenvalue weighted by Crippen LogP contribution is 2.77. The summed E-state index contributed by atoms with van der Waals surface area (Å²) in [7, 11) is 0. The number of H-pyrrole nitrogens is 1. The Bertz CT molecular complexity index is 1540. The Labute approximate surface area is 256 Å². The number of nitrogen functional groups attached to an aromatic ring is 2. The highest BCUT2D eigenvalue weighted by Gasteiger charge is 2.70. The van der Waals surface area contributed by atoms with Crippen LogP contribution in [0.4, 0.5) is 11.6 Å². The monoisotopic (exact) mass is 585 g/mol. The predicted octanol–water partition coefficient (Wildman–Crippen LogP) is 7.40. The zero-order valence-electron chi connectivity index (χ0n) is 27.2. The maximum Gasteiger partial charge on any atom is 0.310 e. The van der Waals surface area contributed by atoms with E-state index in [1.807, 2.05) is 12.3 Å². The van der Waals surface area contributed by atoms with Gasteiger partial charge in [0.25, 0.3) is 0 Å². The molecule has 0 aromatic carbocycles. The van der Waals surface area contributed by atoms with Gasteiger partial charge in [0.15, 0.2) is 0 Å². The number of nitrogens with two attached hydrogens (primary N) is 2. The van der Waals surface area contributed by atoms with Crippen LogP contribution in [0.5, 0.6) is 0 Å². The smallest absolute Gasteiger partial charge is 0.310 e. The third-order valence-corrected chi connectivity index (χ3v) is 14.5. The van der Waals surface area contributed by atoms with Gasteiger partial charge in [-0.2, -0.15) is 5.10 Å². The van der Waals surface area contributed by atoms with Crippen LogP contribution in [0.1, 0.15) is 117 Å². The summed E-state index contributed by atoms with van der Waals surface area (Å²) in [4.78, 5) is 17.9. The zero-order chi connectivity index (χ0) is 31.0. The van der Waals surface area contributed by atoms with Gasteiger partial charge in [0.1, 0.15) is 11.6 Å². The van der Waals surface area contributed by atoms with Crippen molar-refractivity contribution in [1.29, 1.82) is 0 Å². The van der Waals surface area contributed by atoms with Crippen LogP contribution in [0.15, 0.2) is 23.9 Å². The Kier molecular flexibility index (Phi) is 5.82. The molecule has 2 aromatic rings. The lowest BCUT2D eigenvalue weighted by molar-refractivity contribution is -0.175. The minimum absolute atomic E-state index is 0.00961. The fourth-order valence-electron chi connectivity index (χ4n) is 12.0. The summed E-state index contributed by atoms with van der Waals surface area (Å²) in [5.74, 6) is 1.51. The van der Waals surface area contributed by atoms with Crippen LogP contribution in [-0.4, -0.2) is 26.3 Å². The summed E-state index contributed by atoms with van der Waals surface area (Å²) in [6.07, 6.45) is 10.4. The van der Waals surface area contributed by atoms with Crippen LogP contribution in [0.25, 0.3) is 5.57 Å². The summed E-state index contributed by atoms with van der Waals surface area (Å²) in [6.45, 7) is 17.1. The molecule has 2 aromatic heterocycles. The van der Waals surface area contributed by atoms with Crippen LogP contribution < -0.4 is 11.5 Å². The molecule has 0 radical (unpaired) electrons. The lowest BCUT2D eigenvalue weighted by Crippen LogP contribution is -2.65. The molecule has 7 nitrogen and oxygen atoms in total. The first-order chi connectivity index (χ1) is 20.0. The van der Waals surface area contributed by atoms with Crippen LogP contribution in [0.2, 0.25) is 0 Å². The molecule has 7 heteroatoms. The maximum absolute atomic E-state index is 13.3. The first-order valence-electron chi connectivity index (χ1n) is 16.5. The van der Waals surface area contributed by atoms with Crippen molar-refractivity contribution in [3.8, 4) is 0 Å². The minimum Gasteiger partial charge on any atom is -0.481 e. The average Bonchev–Trinajstić information content (AvgIpc) is 3.29. The van der Waals surface area contributed by atoms with E-state index < -0.39 is 11.4 Å². The fourth-order valence-corrected chi connectivity index (χ4v) is 12.0. The Morgan fingerprint density at radius 1 is 0.977 bits per heavy atom. The van der Waals surface area contributed by atoms with E-state index in [2.05, 4.69) is 64.6 Å². The lowest BCUT2D eigenvalue weighted by Gasteiger charge is -2.71. The molecule has 3 saturated carbocycles. The van der Waals surface area contributed by atoms with Gasteiger partial charge in [-0.25, -0.2) is 4.98 Å². The molecule has 5 aliphatic rings. The van der Waals surface area contributed by atoms with Crippen molar-refractivity contribution >= 4 is 23.2 Å². The van der Waals surface area contributed by atoms with Crippen molar-refractivity contribution < 1.29 is 9.90 Å². The number of nitrogens with zero attached hydrogens (tertiary/aromatic N) is 2.